The number of nitrogens with zero attached hydrogens (tertiary/aromatic N) is 3. The number of pyridine rings is 1. The van der Waals surface area contributed by atoms with Gasteiger partial charge in [-0.15, -0.1) is 4.52 Å². The molecule has 10 heteroatoms. The van der Waals surface area contributed by atoms with Crippen LogP contribution in [0.4, 0.5) is 17.3 Å². The molecule has 0 aliphatic heterocycles. The summed E-state index contributed by atoms with van der Waals surface area (Å²) < 4.78 is 45.8. The van der Waals surface area contributed by atoms with E-state index < -0.39 is 7.25 Å². The highest BCUT2D eigenvalue weighted by Crippen LogP contribution is 2.16. The zero-order chi connectivity index (χ0) is 20.3. The van der Waals surface area contributed by atoms with E-state index in [0.29, 0.717) is 9.79 Å². The highest BCUT2D eigenvalue weighted by molar-refractivity contribution is 7.71. The maximum Gasteiger partial charge on any atom is 0.673 e. The lowest BCUT2D eigenvalue weighted by atomic mass is 10.3. The number of hydrogen-bond donors (Lipinski definition) is 0. The van der Waals surface area contributed by atoms with Gasteiger partial charge in [-0.1, -0.05) is 40.5 Å². The maximum atomic E-state index is 9.75. The molecule has 0 N–H and O–H groups in total. The minimum absolute atomic E-state index is 0.699. The predicted molar refractivity (Wildman–Crippen MR) is 104 cm³/mol. The van der Waals surface area contributed by atoms with Gasteiger partial charge in [0.15, 0.2) is 0 Å². The molecule has 0 atom stereocenters. The third-order valence-electron chi connectivity index (χ3n) is 3.72. The van der Waals surface area contributed by atoms with Crippen molar-refractivity contribution in [2.75, 3.05) is 0 Å². The van der Waals surface area contributed by atoms with Crippen molar-refractivity contribution in [2.45, 2.75) is 0 Å². The van der Waals surface area contributed by atoms with E-state index in [1.807, 2.05) is 70.0 Å². The van der Waals surface area contributed by atoms with Crippen molar-refractivity contribution in [2.24, 2.45) is 0 Å². The highest BCUT2D eigenvalue weighted by Gasteiger charge is 2.21. The molecule has 2 aromatic carbocycles. The van der Waals surface area contributed by atoms with Gasteiger partial charge in [0.1, 0.15) is 17.6 Å². The van der Waals surface area contributed by atoms with Gasteiger partial charge in [0.05, 0.1) is 0 Å². The van der Waals surface area contributed by atoms with Crippen molar-refractivity contribution >= 4 is 36.7 Å². The molecular formula is C18H13BClF4N3S. The molecular weight excluding hydrogens is 413 g/mol. The lowest BCUT2D eigenvalue weighted by Gasteiger charge is -1.97. The largest absolute Gasteiger partial charge is 0.673 e. The molecule has 0 aliphatic rings. The van der Waals surface area contributed by atoms with Gasteiger partial charge in [0.2, 0.25) is 0 Å². The lowest BCUT2D eigenvalue weighted by Crippen LogP contribution is -2.31. The van der Waals surface area contributed by atoms with Crippen LogP contribution in [-0.2, 0) is 0 Å². The Balaban J connectivity index is 0.000000403. The van der Waals surface area contributed by atoms with Crippen LogP contribution in [0, 0.1) is 4.77 Å². The number of halogens is 5. The van der Waals surface area contributed by atoms with Crippen LogP contribution >= 0.6 is 23.8 Å². The molecule has 0 bridgehead atoms. The van der Waals surface area contributed by atoms with Crippen LogP contribution in [-0.4, -0.2) is 16.5 Å². The minimum Gasteiger partial charge on any atom is -0.418 e. The Morgan fingerprint density at radius 2 is 1.39 bits per heavy atom. The Morgan fingerprint density at radius 3 is 2.00 bits per heavy atom. The van der Waals surface area contributed by atoms with E-state index in [1.54, 1.807) is 0 Å². The molecule has 0 unspecified atom stereocenters. The monoisotopic (exact) mass is 425 g/mol. The zero-order valence-electron chi connectivity index (χ0n) is 14.2. The highest BCUT2D eigenvalue weighted by atomic mass is 35.5. The van der Waals surface area contributed by atoms with Crippen LogP contribution < -0.4 is 4.57 Å². The predicted octanol–water partition coefficient (Wildman–Crippen LogP) is 5.69. The minimum atomic E-state index is -6.00. The maximum absolute atomic E-state index is 9.75. The molecule has 2 aromatic heterocycles. The van der Waals surface area contributed by atoms with Crippen molar-refractivity contribution < 1.29 is 21.8 Å². The standard InChI is InChI=1S/C18H13ClN3S.BF4/c19-14-9-11-16(12-10-14)22-18(23)21(15-6-2-1-3-7-15)17-8-4-5-13-20(17)22;2-1(3,4)5/h1-13H;/q+1;-1. The Kier molecular flexibility index (Phi) is 5.86. The molecule has 0 saturated carbocycles. The van der Waals surface area contributed by atoms with Crippen molar-refractivity contribution in [3.05, 3.63) is 88.8 Å². The van der Waals surface area contributed by atoms with Crippen LogP contribution in [0.3, 0.4) is 0 Å². The van der Waals surface area contributed by atoms with Gasteiger partial charge < -0.3 is 17.3 Å². The molecule has 0 saturated heterocycles. The first-order valence-corrected chi connectivity index (χ1v) is 8.87. The molecule has 4 rings (SSSR count). The van der Waals surface area contributed by atoms with Gasteiger partial charge in [-0.25, -0.2) is 0 Å². The third kappa shape index (κ3) is 4.60. The molecule has 0 aliphatic carbocycles. The van der Waals surface area contributed by atoms with E-state index in [1.165, 1.54) is 0 Å². The molecule has 144 valence electrons. The van der Waals surface area contributed by atoms with Crippen molar-refractivity contribution in [3.8, 4) is 11.4 Å². The van der Waals surface area contributed by atoms with Crippen molar-refractivity contribution in [1.82, 2.24) is 9.20 Å². The normalized spacial score (nSPS) is 11.2. The summed E-state index contributed by atoms with van der Waals surface area (Å²) in [5.41, 5.74) is 3.00. The van der Waals surface area contributed by atoms with Crippen LogP contribution in [0.25, 0.3) is 17.0 Å². The molecule has 0 spiro atoms. The molecule has 3 nitrogen and oxygen atoms in total. The average Bonchev–Trinajstić information content (AvgIpc) is 2.94. The Bertz CT molecular complexity index is 1140. The van der Waals surface area contributed by atoms with Gasteiger partial charge in [0, 0.05) is 11.1 Å². The topological polar surface area (TPSA) is 13.2 Å². The number of para-hydroxylation sites is 1. The SMILES string of the molecule is F[B-](F)(F)F.S=c1n(-c2ccc(Cl)cc2)n2ccccc2[n+]1-c1ccccc1. The number of benzene rings is 2. The second-order valence-corrected chi connectivity index (χ2v) is 6.44. The van der Waals surface area contributed by atoms with Gasteiger partial charge in [-0.05, 0) is 54.7 Å². The van der Waals surface area contributed by atoms with Crippen LogP contribution in [0.5, 0.6) is 0 Å². The van der Waals surface area contributed by atoms with E-state index in [-0.39, 0.29) is 0 Å². The number of rotatable bonds is 2. The second kappa shape index (κ2) is 8.16. The van der Waals surface area contributed by atoms with Gasteiger partial charge in [0.25, 0.3) is 5.65 Å². The number of fused-ring (bicyclic) bond motifs is 1. The Hall–Kier alpha value is -2.65. The van der Waals surface area contributed by atoms with Crippen LogP contribution in [0.15, 0.2) is 79.0 Å². The summed E-state index contributed by atoms with van der Waals surface area (Å²) in [4.78, 5) is 0. The van der Waals surface area contributed by atoms with E-state index in [0.717, 1.165) is 17.0 Å². The molecule has 0 radical (unpaired) electrons. The van der Waals surface area contributed by atoms with Gasteiger partial charge in [-0.2, -0.15) is 4.57 Å². The van der Waals surface area contributed by atoms with Crippen LogP contribution in [0.1, 0.15) is 0 Å². The Labute approximate surface area is 168 Å². The fraction of sp³-hybridized carbons (Fsp3) is 0. The fourth-order valence-corrected chi connectivity index (χ4v) is 3.21. The van der Waals surface area contributed by atoms with Gasteiger partial charge in [-0.3, -0.25) is 0 Å². The zero-order valence-corrected chi connectivity index (χ0v) is 15.8. The second-order valence-electron chi connectivity index (χ2n) is 5.64. The average molecular weight is 426 g/mol. The molecule has 2 heterocycles. The summed E-state index contributed by atoms with van der Waals surface area (Å²) in [7, 11) is -6.00. The van der Waals surface area contributed by atoms with Gasteiger partial charge >= 0.3 is 12.0 Å². The fourth-order valence-electron chi connectivity index (χ4n) is 2.69. The van der Waals surface area contributed by atoms with Crippen molar-refractivity contribution in [3.63, 3.8) is 0 Å². The quantitative estimate of drug-likeness (QED) is 0.174. The van der Waals surface area contributed by atoms with E-state index in [4.69, 9.17) is 23.8 Å². The van der Waals surface area contributed by atoms with Crippen LogP contribution in [0.2, 0.25) is 5.02 Å². The number of hydrogen-bond acceptors (Lipinski definition) is 1. The summed E-state index contributed by atoms with van der Waals surface area (Å²) in [5, 5.41) is 0.706. The first kappa shape index (κ1) is 20.1. The summed E-state index contributed by atoms with van der Waals surface area (Å²) >= 11 is 11.8. The number of aromatic nitrogens is 3. The van der Waals surface area contributed by atoms with Crippen molar-refractivity contribution in [1.29, 1.82) is 0 Å². The third-order valence-corrected chi connectivity index (χ3v) is 4.33. The van der Waals surface area contributed by atoms with E-state index >= 15 is 0 Å². The smallest absolute Gasteiger partial charge is 0.418 e. The first-order valence-electron chi connectivity index (χ1n) is 8.09. The summed E-state index contributed by atoms with van der Waals surface area (Å²) in [6, 6.07) is 23.8. The van der Waals surface area contributed by atoms with E-state index in [2.05, 4.69) is 22.8 Å². The lowest BCUT2D eigenvalue weighted by molar-refractivity contribution is -0.576. The molecule has 4 aromatic rings. The summed E-state index contributed by atoms with van der Waals surface area (Å²) in [6.45, 7) is 0. The molecule has 28 heavy (non-hydrogen) atoms. The molecule has 0 fully saturated rings. The Morgan fingerprint density at radius 1 is 0.821 bits per heavy atom. The first-order chi connectivity index (χ1) is 13.3. The summed E-state index contributed by atoms with van der Waals surface area (Å²) in [5.74, 6) is 0. The molecule has 0 amide bonds. The summed E-state index contributed by atoms with van der Waals surface area (Å²) in [6.07, 6.45) is 2.00. The van der Waals surface area contributed by atoms with E-state index in [9.17, 15) is 17.3 Å².